The highest BCUT2D eigenvalue weighted by atomic mass is 15.4. The van der Waals surface area contributed by atoms with Crippen molar-refractivity contribution in [3.8, 4) is 0 Å². The molecular weight excluding hydrogens is 504 g/mol. The maximum absolute atomic E-state index is 4.13. The van der Waals surface area contributed by atoms with Gasteiger partial charge in [-0.15, -0.1) is 0 Å². The predicted molar refractivity (Wildman–Crippen MR) is 153 cm³/mol. The first-order valence-corrected chi connectivity index (χ1v) is 16.8. The summed E-state index contributed by atoms with van der Waals surface area (Å²) in [6.07, 6.45) is 12.3. The Morgan fingerprint density at radius 3 is 0.725 bits per heavy atom. The number of fused-ring (bicyclic) bond motifs is 20. The summed E-state index contributed by atoms with van der Waals surface area (Å²) in [5.74, 6) is 2.33. The van der Waals surface area contributed by atoms with Crippen molar-refractivity contribution in [2.75, 3.05) is 26.2 Å². The van der Waals surface area contributed by atoms with Crippen LogP contribution in [0.25, 0.3) is 0 Å². The largest absolute Gasteiger partial charge is 0.311 e. The van der Waals surface area contributed by atoms with Crippen LogP contribution in [0.15, 0.2) is 0 Å². The summed E-state index contributed by atoms with van der Waals surface area (Å²) in [6, 6.07) is 1.79. The molecule has 0 amide bonds. The van der Waals surface area contributed by atoms with Crippen molar-refractivity contribution < 1.29 is 0 Å². The van der Waals surface area contributed by atoms with E-state index in [9.17, 15) is 0 Å². The minimum absolute atomic E-state index is 0.251. The standard InChI is InChI=1S/C28H52N12/c1-5-13-17(29-9-1)25-33-21(13)37-26-18-14(6-2-10-30-18)23(34-26)39-28-20-16(8-4-12-32-20)24(36-28)40-27-19-15(7-3-11-31-19)22(35-27)38-25/h13-40H,1-12H2. The van der Waals surface area contributed by atoms with Gasteiger partial charge >= 0.3 is 0 Å². The summed E-state index contributed by atoms with van der Waals surface area (Å²) in [4.78, 5) is 0. The Labute approximate surface area is 238 Å². The Hall–Kier alpha value is -0.480. The highest BCUT2D eigenvalue weighted by molar-refractivity contribution is 5.12. The number of hydrogen-bond donors (Lipinski definition) is 12. The Kier molecular flexibility index (Phi) is 6.88. The van der Waals surface area contributed by atoms with E-state index in [0.29, 0.717) is 47.8 Å². The van der Waals surface area contributed by atoms with E-state index in [1.807, 2.05) is 0 Å². The third-order valence-electron chi connectivity index (χ3n) is 12.2. The average Bonchev–Trinajstić information content (AvgIpc) is 3.73. The SMILES string of the molecule is C1CNC2C3NC(NC4NC(NC5NC(NC6NC(N3)C3CCCNC63)C3CCCNC53)C3CCCNC43)C2C1. The van der Waals surface area contributed by atoms with Gasteiger partial charge in [0, 0.05) is 47.8 Å². The molecule has 9 heterocycles. The molecule has 0 spiro atoms. The van der Waals surface area contributed by atoms with E-state index in [0.717, 1.165) is 26.2 Å². The molecule has 9 aliphatic rings. The first-order chi connectivity index (χ1) is 19.8. The van der Waals surface area contributed by atoms with E-state index in [1.165, 1.54) is 51.4 Å². The highest BCUT2D eigenvalue weighted by Crippen LogP contribution is 2.35. The van der Waals surface area contributed by atoms with Crippen LogP contribution >= 0.6 is 0 Å². The first-order valence-electron chi connectivity index (χ1n) is 16.8. The lowest BCUT2D eigenvalue weighted by molar-refractivity contribution is 0.208. The molecule has 9 fully saturated rings. The maximum Gasteiger partial charge on any atom is 0.0758 e. The normalized spacial score (nSPS) is 57.6. The van der Waals surface area contributed by atoms with Crippen LogP contribution in [-0.2, 0) is 0 Å². The van der Waals surface area contributed by atoms with E-state index in [-0.39, 0.29) is 49.3 Å². The molecule has 0 radical (unpaired) electrons. The molecule has 40 heavy (non-hydrogen) atoms. The van der Waals surface area contributed by atoms with E-state index < -0.39 is 0 Å². The topological polar surface area (TPSA) is 144 Å². The number of piperidine rings is 4. The molecule has 8 bridgehead atoms. The fraction of sp³-hybridized carbons (Fsp3) is 1.00. The average molecular weight is 557 g/mol. The zero-order chi connectivity index (χ0) is 26.2. The molecule has 224 valence electrons. The van der Waals surface area contributed by atoms with Crippen molar-refractivity contribution in [1.82, 2.24) is 63.8 Å². The van der Waals surface area contributed by atoms with Crippen LogP contribution in [0.2, 0.25) is 0 Å². The molecule has 0 aliphatic carbocycles. The molecule has 0 saturated carbocycles. The lowest BCUT2D eigenvalue weighted by atomic mass is 9.87. The minimum atomic E-state index is 0.251. The summed E-state index contributed by atoms with van der Waals surface area (Å²) >= 11 is 0. The number of rotatable bonds is 0. The van der Waals surface area contributed by atoms with Gasteiger partial charge in [0.05, 0.1) is 49.3 Å². The van der Waals surface area contributed by atoms with Gasteiger partial charge in [-0.1, -0.05) is 0 Å². The third kappa shape index (κ3) is 4.33. The van der Waals surface area contributed by atoms with Crippen molar-refractivity contribution in [1.29, 1.82) is 0 Å². The van der Waals surface area contributed by atoms with Gasteiger partial charge in [0.1, 0.15) is 0 Å². The molecule has 12 nitrogen and oxygen atoms in total. The zero-order valence-electron chi connectivity index (χ0n) is 23.7. The van der Waals surface area contributed by atoms with Gasteiger partial charge < -0.3 is 21.3 Å². The van der Waals surface area contributed by atoms with Gasteiger partial charge in [0.15, 0.2) is 0 Å². The quantitative estimate of drug-likeness (QED) is 0.147. The van der Waals surface area contributed by atoms with Crippen molar-refractivity contribution >= 4 is 0 Å². The molecule has 0 aromatic heterocycles. The van der Waals surface area contributed by atoms with Gasteiger partial charge in [0.25, 0.3) is 0 Å². The summed E-state index contributed by atoms with van der Waals surface area (Å²) in [7, 11) is 0. The molecule has 12 heteroatoms. The molecule has 9 rings (SSSR count). The van der Waals surface area contributed by atoms with Gasteiger partial charge in [-0.25, -0.2) is 0 Å². The van der Waals surface area contributed by atoms with Crippen molar-refractivity contribution in [2.45, 2.75) is 125 Å². The number of nitrogens with one attached hydrogen (secondary N) is 12. The number of hydrogen-bond acceptors (Lipinski definition) is 12. The Morgan fingerprint density at radius 1 is 0.275 bits per heavy atom. The monoisotopic (exact) mass is 556 g/mol. The Balaban J connectivity index is 1.05. The fourth-order valence-corrected chi connectivity index (χ4v) is 10.5. The molecule has 0 aromatic rings. The molecule has 8 atom stereocenters. The van der Waals surface area contributed by atoms with Crippen LogP contribution in [0.1, 0.15) is 51.4 Å². The van der Waals surface area contributed by atoms with Gasteiger partial charge in [-0.3, -0.25) is 42.5 Å². The summed E-state index contributed by atoms with van der Waals surface area (Å²) < 4.78 is 0. The molecule has 12 N–H and O–H groups in total. The smallest absolute Gasteiger partial charge is 0.0758 e. The predicted octanol–water partition coefficient (Wildman–Crippen LogP) is -3.15. The van der Waals surface area contributed by atoms with Crippen LogP contribution < -0.4 is 63.8 Å². The fourth-order valence-electron chi connectivity index (χ4n) is 10.5. The van der Waals surface area contributed by atoms with E-state index in [2.05, 4.69) is 63.8 Å². The minimum Gasteiger partial charge on any atom is -0.311 e. The van der Waals surface area contributed by atoms with Crippen LogP contribution in [-0.4, -0.2) is 99.7 Å². The van der Waals surface area contributed by atoms with Crippen LogP contribution in [0.5, 0.6) is 0 Å². The zero-order valence-corrected chi connectivity index (χ0v) is 23.7. The molecule has 8 unspecified atom stereocenters. The molecular formula is C28H52N12. The lowest BCUT2D eigenvalue weighted by Gasteiger charge is -2.36. The Morgan fingerprint density at radius 2 is 0.500 bits per heavy atom. The summed E-state index contributed by atoms with van der Waals surface area (Å²) in [6.45, 7) is 4.48. The molecule has 9 aliphatic heterocycles. The first kappa shape index (κ1) is 26.0. The van der Waals surface area contributed by atoms with Crippen LogP contribution in [0.4, 0.5) is 0 Å². The maximum atomic E-state index is 4.13. The lowest BCUT2D eigenvalue weighted by Crippen LogP contribution is -2.63. The van der Waals surface area contributed by atoms with Crippen LogP contribution in [0.3, 0.4) is 0 Å². The van der Waals surface area contributed by atoms with E-state index >= 15 is 0 Å². The van der Waals surface area contributed by atoms with Gasteiger partial charge in [-0.2, -0.15) is 0 Å². The van der Waals surface area contributed by atoms with Crippen LogP contribution in [0, 0.1) is 23.7 Å². The second-order valence-corrected chi connectivity index (χ2v) is 14.3. The Bertz CT molecular complexity index is 716. The van der Waals surface area contributed by atoms with Crippen molar-refractivity contribution in [2.24, 2.45) is 23.7 Å². The van der Waals surface area contributed by atoms with Crippen molar-refractivity contribution in [3.63, 3.8) is 0 Å². The van der Waals surface area contributed by atoms with E-state index in [1.54, 1.807) is 0 Å². The summed E-state index contributed by atoms with van der Waals surface area (Å²) in [5.41, 5.74) is 0. The molecule has 9 saturated heterocycles. The van der Waals surface area contributed by atoms with Gasteiger partial charge in [-0.05, 0) is 77.5 Å². The summed E-state index contributed by atoms with van der Waals surface area (Å²) in [5, 5.41) is 48.5. The molecule has 0 aromatic carbocycles. The van der Waals surface area contributed by atoms with E-state index in [4.69, 9.17) is 0 Å². The van der Waals surface area contributed by atoms with Crippen molar-refractivity contribution in [3.05, 3.63) is 0 Å². The third-order valence-corrected chi connectivity index (χ3v) is 12.2. The second-order valence-electron chi connectivity index (χ2n) is 14.3. The van der Waals surface area contributed by atoms with Gasteiger partial charge in [0.2, 0.25) is 0 Å². The second kappa shape index (κ2) is 10.6. The highest BCUT2D eigenvalue weighted by Gasteiger charge is 2.54.